The summed E-state index contributed by atoms with van der Waals surface area (Å²) in [7, 11) is 0. The summed E-state index contributed by atoms with van der Waals surface area (Å²) in [6.07, 6.45) is 1.41. The fourth-order valence-electron chi connectivity index (χ4n) is 1.03. The van der Waals surface area contributed by atoms with E-state index in [0.717, 1.165) is 6.42 Å². The van der Waals surface area contributed by atoms with E-state index in [1.807, 2.05) is 0 Å². The van der Waals surface area contributed by atoms with Gasteiger partial charge in [-0.15, -0.1) is 0 Å². The summed E-state index contributed by atoms with van der Waals surface area (Å²) in [4.78, 5) is 10.2. The van der Waals surface area contributed by atoms with E-state index < -0.39 is 5.97 Å². The van der Waals surface area contributed by atoms with Crippen molar-refractivity contribution < 1.29 is 15.0 Å². The second-order valence-electron chi connectivity index (χ2n) is 2.45. The van der Waals surface area contributed by atoms with Gasteiger partial charge >= 0.3 is 5.97 Å². The molecular formula is C6H10O3. The van der Waals surface area contributed by atoms with Crippen LogP contribution in [-0.2, 0) is 4.79 Å². The zero-order valence-electron chi connectivity index (χ0n) is 5.08. The van der Waals surface area contributed by atoms with Crippen molar-refractivity contribution in [2.45, 2.75) is 12.8 Å². The Labute approximate surface area is 53.3 Å². The first-order chi connectivity index (χ1) is 4.25. The van der Waals surface area contributed by atoms with Gasteiger partial charge in [0, 0.05) is 6.61 Å². The van der Waals surface area contributed by atoms with Crippen molar-refractivity contribution in [1.82, 2.24) is 0 Å². The monoisotopic (exact) mass is 130 g/mol. The van der Waals surface area contributed by atoms with E-state index in [1.165, 1.54) is 0 Å². The van der Waals surface area contributed by atoms with Crippen molar-refractivity contribution in [1.29, 1.82) is 0 Å². The van der Waals surface area contributed by atoms with E-state index in [-0.39, 0.29) is 18.4 Å². The van der Waals surface area contributed by atoms with Gasteiger partial charge in [-0.25, -0.2) is 0 Å². The zero-order valence-corrected chi connectivity index (χ0v) is 5.08. The largest absolute Gasteiger partial charge is 0.481 e. The van der Waals surface area contributed by atoms with Gasteiger partial charge in [0.2, 0.25) is 0 Å². The SMILES string of the molecule is O=C(O)[C@@H]1C[C@H]1CCO. The lowest BCUT2D eigenvalue weighted by Gasteiger charge is -1.88. The lowest BCUT2D eigenvalue weighted by molar-refractivity contribution is -0.138. The predicted octanol–water partition coefficient (Wildman–Crippen LogP) is 0.0895. The number of carboxylic acid groups (broad SMARTS) is 1. The van der Waals surface area contributed by atoms with E-state index >= 15 is 0 Å². The highest BCUT2D eigenvalue weighted by atomic mass is 16.4. The molecule has 0 aromatic carbocycles. The number of aliphatic hydroxyl groups is 1. The lowest BCUT2D eigenvalue weighted by atomic mass is 10.2. The summed E-state index contributed by atoms with van der Waals surface area (Å²) in [5.41, 5.74) is 0. The van der Waals surface area contributed by atoms with E-state index in [4.69, 9.17) is 10.2 Å². The van der Waals surface area contributed by atoms with Crippen LogP contribution in [0.25, 0.3) is 0 Å². The molecule has 0 saturated heterocycles. The van der Waals surface area contributed by atoms with Crippen molar-refractivity contribution in [3.8, 4) is 0 Å². The van der Waals surface area contributed by atoms with Gasteiger partial charge in [0.25, 0.3) is 0 Å². The van der Waals surface area contributed by atoms with Crippen LogP contribution in [0.3, 0.4) is 0 Å². The molecule has 0 spiro atoms. The molecule has 9 heavy (non-hydrogen) atoms. The predicted molar refractivity (Wildman–Crippen MR) is 30.9 cm³/mol. The maximum atomic E-state index is 10.2. The number of rotatable bonds is 3. The maximum absolute atomic E-state index is 10.2. The molecule has 0 aliphatic heterocycles. The molecule has 2 N–H and O–H groups in total. The van der Waals surface area contributed by atoms with Crippen molar-refractivity contribution in [3.63, 3.8) is 0 Å². The third-order valence-corrected chi connectivity index (χ3v) is 1.74. The van der Waals surface area contributed by atoms with Crippen LogP contribution in [0.4, 0.5) is 0 Å². The lowest BCUT2D eigenvalue weighted by Crippen LogP contribution is -2.00. The van der Waals surface area contributed by atoms with Gasteiger partial charge in [-0.2, -0.15) is 0 Å². The summed E-state index contributed by atoms with van der Waals surface area (Å²) in [5, 5.41) is 16.8. The smallest absolute Gasteiger partial charge is 0.306 e. The first-order valence-electron chi connectivity index (χ1n) is 3.09. The van der Waals surface area contributed by atoms with Crippen LogP contribution in [0.5, 0.6) is 0 Å². The molecule has 52 valence electrons. The third-order valence-electron chi connectivity index (χ3n) is 1.74. The molecule has 3 nitrogen and oxygen atoms in total. The fraction of sp³-hybridized carbons (Fsp3) is 0.833. The molecule has 0 aromatic heterocycles. The topological polar surface area (TPSA) is 57.5 Å². The van der Waals surface area contributed by atoms with Gasteiger partial charge in [0.1, 0.15) is 0 Å². The molecule has 1 aliphatic carbocycles. The van der Waals surface area contributed by atoms with Crippen LogP contribution in [0.2, 0.25) is 0 Å². The van der Waals surface area contributed by atoms with Gasteiger partial charge in [0.05, 0.1) is 5.92 Å². The van der Waals surface area contributed by atoms with Crippen molar-refractivity contribution >= 4 is 5.97 Å². The van der Waals surface area contributed by atoms with E-state index in [1.54, 1.807) is 0 Å². The van der Waals surface area contributed by atoms with Crippen LogP contribution >= 0.6 is 0 Å². The van der Waals surface area contributed by atoms with Gasteiger partial charge in [-0.1, -0.05) is 0 Å². The van der Waals surface area contributed by atoms with Crippen LogP contribution in [0.15, 0.2) is 0 Å². The summed E-state index contributed by atoms with van der Waals surface area (Å²) < 4.78 is 0. The average molecular weight is 130 g/mol. The molecule has 0 heterocycles. The molecule has 0 amide bonds. The Morgan fingerprint density at radius 1 is 1.67 bits per heavy atom. The number of hydrogen-bond acceptors (Lipinski definition) is 2. The van der Waals surface area contributed by atoms with Crippen molar-refractivity contribution in [2.75, 3.05) is 6.61 Å². The number of hydrogen-bond donors (Lipinski definition) is 2. The minimum Gasteiger partial charge on any atom is -0.481 e. The molecule has 1 rings (SSSR count). The molecule has 2 atom stereocenters. The molecule has 1 fully saturated rings. The van der Waals surface area contributed by atoms with Crippen LogP contribution in [-0.4, -0.2) is 22.8 Å². The molecular weight excluding hydrogens is 120 g/mol. The molecule has 1 aliphatic rings. The van der Waals surface area contributed by atoms with E-state index in [0.29, 0.717) is 6.42 Å². The first kappa shape index (κ1) is 6.55. The molecule has 3 heteroatoms. The quantitative estimate of drug-likeness (QED) is 0.569. The van der Waals surface area contributed by atoms with Crippen LogP contribution in [0.1, 0.15) is 12.8 Å². The molecule has 0 aromatic rings. The van der Waals surface area contributed by atoms with E-state index in [9.17, 15) is 4.79 Å². The summed E-state index contributed by atoms with van der Waals surface area (Å²) >= 11 is 0. The van der Waals surface area contributed by atoms with Gasteiger partial charge < -0.3 is 10.2 Å². The number of carbonyl (C=O) groups is 1. The van der Waals surface area contributed by atoms with Crippen molar-refractivity contribution in [3.05, 3.63) is 0 Å². The van der Waals surface area contributed by atoms with Crippen LogP contribution < -0.4 is 0 Å². The van der Waals surface area contributed by atoms with Crippen LogP contribution in [0, 0.1) is 11.8 Å². The third kappa shape index (κ3) is 1.42. The van der Waals surface area contributed by atoms with E-state index in [2.05, 4.69) is 0 Å². The molecule has 0 bridgehead atoms. The van der Waals surface area contributed by atoms with Gasteiger partial charge in [-0.3, -0.25) is 4.79 Å². The molecule has 0 radical (unpaired) electrons. The Bertz CT molecular complexity index is 121. The zero-order chi connectivity index (χ0) is 6.85. The standard InChI is InChI=1S/C6H10O3/c7-2-1-4-3-5(4)6(8)9/h4-5,7H,1-3H2,(H,8,9)/t4-,5-/m1/s1. The summed E-state index contributed by atoms with van der Waals surface area (Å²) in [5.74, 6) is -0.613. The summed E-state index contributed by atoms with van der Waals surface area (Å²) in [6, 6.07) is 0. The normalized spacial score (nSPS) is 32.1. The number of aliphatic hydroxyl groups excluding tert-OH is 1. The number of aliphatic carboxylic acids is 1. The minimum atomic E-state index is -0.714. The Morgan fingerprint density at radius 3 is 2.67 bits per heavy atom. The maximum Gasteiger partial charge on any atom is 0.306 e. The Kier molecular flexibility index (Phi) is 1.71. The molecule has 0 unspecified atom stereocenters. The first-order valence-corrected chi connectivity index (χ1v) is 3.09. The summed E-state index contributed by atoms with van der Waals surface area (Å²) in [6.45, 7) is 0.119. The fourth-order valence-corrected chi connectivity index (χ4v) is 1.03. The van der Waals surface area contributed by atoms with Crippen molar-refractivity contribution in [2.24, 2.45) is 11.8 Å². The average Bonchev–Trinajstić information content (AvgIpc) is 2.47. The second kappa shape index (κ2) is 2.35. The number of carboxylic acids is 1. The minimum absolute atomic E-state index is 0.119. The Hall–Kier alpha value is -0.570. The van der Waals surface area contributed by atoms with Gasteiger partial charge in [0.15, 0.2) is 0 Å². The Balaban J connectivity index is 2.17. The second-order valence-corrected chi connectivity index (χ2v) is 2.45. The molecule has 1 saturated carbocycles. The highest BCUT2D eigenvalue weighted by Crippen LogP contribution is 2.40. The van der Waals surface area contributed by atoms with Gasteiger partial charge in [-0.05, 0) is 18.8 Å². The highest BCUT2D eigenvalue weighted by molar-refractivity contribution is 5.73. The highest BCUT2D eigenvalue weighted by Gasteiger charge is 2.42. The Morgan fingerprint density at radius 2 is 2.33 bits per heavy atom.